The van der Waals surface area contributed by atoms with E-state index in [-0.39, 0.29) is 22.2 Å². The van der Waals surface area contributed by atoms with Crippen LogP contribution in [0.25, 0.3) is 0 Å². The molecule has 3 aromatic rings. The van der Waals surface area contributed by atoms with Crippen LogP contribution >= 0.6 is 35.4 Å². The van der Waals surface area contributed by atoms with Crippen molar-refractivity contribution in [3.63, 3.8) is 0 Å². The lowest BCUT2D eigenvalue weighted by Crippen LogP contribution is -2.24. The van der Waals surface area contributed by atoms with Crippen molar-refractivity contribution in [2.24, 2.45) is 10.8 Å². The summed E-state index contributed by atoms with van der Waals surface area (Å²) in [5, 5.41) is 4.81. The number of carbonyl (C=O) groups is 2. The average molecular weight is 488 g/mol. The number of hydrazone groups is 1. The summed E-state index contributed by atoms with van der Waals surface area (Å²) in [6.07, 6.45) is 1.36. The first-order chi connectivity index (χ1) is 15.3. The standard InChI is InChI=1S/C22H15Cl2N3O4S/c23-16-6-1-13(2-7-16)20(28)30-18-10-5-15(12-26-27-22(25)32)19(11-18)31-21(29)14-3-8-17(24)9-4-14/h1-12H,(H3,25,27,32)/b26-12-. The van der Waals surface area contributed by atoms with Gasteiger partial charge in [0.05, 0.1) is 17.3 Å². The Balaban J connectivity index is 1.86. The Morgan fingerprint density at radius 2 is 1.41 bits per heavy atom. The predicted molar refractivity (Wildman–Crippen MR) is 127 cm³/mol. The van der Waals surface area contributed by atoms with Crippen LogP contribution in [0, 0.1) is 0 Å². The number of nitrogens with one attached hydrogen (secondary N) is 1. The van der Waals surface area contributed by atoms with E-state index in [1.54, 1.807) is 30.3 Å². The third-order valence-corrected chi connectivity index (χ3v) is 4.53. The number of carbonyl (C=O) groups excluding carboxylic acids is 2. The van der Waals surface area contributed by atoms with Gasteiger partial charge in [0.25, 0.3) is 0 Å². The van der Waals surface area contributed by atoms with Crippen LogP contribution in [0.5, 0.6) is 11.5 Å². The molecule has 0 aromatic heterocycles. The Bertz CT molecular complexity index is 1180. The molecule has 0 amide bonds. The van der Waals surface area contributed by atoms with Gasteiger partial charge in [-0.2, -0.15) is 5.10 Å². The van der Waals surface area contributed by atoms with Crippen molar-refractivity contribution in [2.75, 3.05) is 0 Å². The summed E-state index contributed by atoms with van der Waals surface area (Å²) in [6, 6.07) is 16.9. The van der Waals surface area contributed by atoms with Crippen molar-refractivity contribution in [3.05, 3.63) is 93.5 Å². The first-order valence-electron chi connectivity index (χ1n) is 9.00. The molecule has 0 fully saturated rings. The summed E-state index contributed by atoms with van der Waals surface area (Å²) in [4.78, 5) is 25.0. The van der Waals surface area contributed by atoms with Gasteiger partial charge in [-0.1, -0.05) is 23.2 Å². The second-order valence-electron chi connectivity index (χ2n) is 6.23. The van der Waals surface area contributed by atoms with E-state index in [1.165, 1.54) is 42.6 Å². The van der Waals surface area contributed by atoms with Crippen molar-refractivity contribution < 1.29 is 19.1 Å². The molecule has 10 heteroatoms. The van der Waals surface area contributed by atoms with Gasteiger partial charge in [-0.05, 0) is 72.9 Å². The third kappa shape index (κ3) is 6.52. The fraction of sp³-hybridized carbons (Fsp3) is 0. The maximum atomic E-state index is 12.6. The highest BCUT2D eigenvalue weighted by Gasteiger charge is 2.15. The van der Waals surface area contributed by atoms with Crippen LogP contribution in [0.3, 0.4) is 0 Å². The van der Waals surface area contributed by atoms with Crippen LogP contribution in [0.15, 0.2) is 71.8 Å². The Hall–Kier alpha value is -3.46. The van der Waals surface area contributed by atoms with E-state index < -0.39 is 11.9 Å². The van der Waals surface area contributed by atoms with Crippen LogP contribution in [-0.4, -0.2) is 23.3 Å². The number of benzene rings is 3. The van der Waals surface area contributed by atoms with E-state index in [0.29, 0.717) is 21.2 Å². The summed E-state index contributed by atoms with van der Waals surface area (Å²) in [5.41, 5.74) is 8.76. The topological polar surface area (TPSA) is 103 Å². The van der Waals surface area contributed by atoms with E-state index >= 15 is 0 Å². The van der Waals surface area contributed by atoms with Gasteiger partial charge in [-0.25, -0.2) is 9.59 Å². The molecule has 0 aliphatic carbocycles. The lowest BCUT2D eigenvalue weighted by molar-refractivity contribution is 0.0732. The van der Waals surface area contributed by atoms with Gasteiger partial charge in [0, 0.05) is 21.7 Å². The Morgan fingerprint density at radius 1 is 0.875 bits per heavy atom. The molecule has 0 unspecified atom stereocenters. The van der Waals surface area contributed by atoms with Crippen LogP contribution in [-0.2, 0) is 0 Å². The molecule has 7 nitrogen and oxygen atoms in total. The van der Waals surface area contributed by atoms with Gasteiger partial charge in [0.2, 0.25) is 0 Å². The number of nitrogens with two attached hydrogens (primary N) is 1. The maximum Gasteiger partial charge on any atom is 0.343 e. The molecule has 0 saturated carbocycles. The summed E-state index contributed by atoms with van der Waals surface area (Å²) in [6.45, 7) is 0. The first kappa shape index (κ1) is 23.2. The average Bonchev–Trinajstić information content (AvgIpc) is 2.76. The minimum atomic E-state index is -0.639. The summed E-state index contributed by atoms with van der Waals surface area (Å²) in [7, 11) is 0. The van der Waals surface area contributed by atoms with E-state index in [2.05, 4.69) is 10.5 Å². The Labute approximate surface area is 198 Å². The molecule has 0 spiro atoms. The van der Waals surface area contributed by atoms with Crippen LogP contribution < -0.4 is 20.6 Å². The quantitative estimate of drug-likeness (QED) is 0.172. The van der Waals surface area contributed by atoms with Crippen molar-refractivity contribution in [2.45, 2.75) is 0 Å². The van der Waals surface area contributed by atoms with Gasteiger partial charge >= 0.3 is 11.9 Å². The minimum Gasteiger partial charge on any atom is -0.423 e. The molecule has 162 valence electrons. The molecule has 0 heterocycles. The molecule has 3 N–H and O–H groups in total. The SMILES string of the molecule is NC(=S)N/N=C\c1ccc(OC(=O)c2ccc(Cl)cc2)cc1OC(=O)c1ccc(Cl)cc1. The van der Waals surface area contributed by atoms with E-state index in [9.17, 15) is 9.59 Å². The number of esters is 2. The number of hydrogen-bond acceptors (Lipinski definition) is 6. The lowest BCUT2D eigenvalue weighted by atomic mass is 10.2. The minimum absolute atomic E-state index is 0.0329. The van der Waals surface area contributed by atoms with Gasteiger partial charge < -0.3 is 15.2 Å². The van der Waals surface area contributed by atoms with Gasteiger partial charge in [0.1, 0.15) is 11.5 Å². The molecule has 32 heavy (non-hydrogen) atoms. The maximum absolute atomic E-state index is 12.6. The zero-order chi connectivity index (χ0) is 23.1. The molecule has 0 bridgehead atoms. The summed E-state index contributed by atoms with van der Waals surface area (Å²) in [5.74, 6) is -0.990. The lowest BCUT2D eigenvalue weighted by Gasteiger charge is -2.11. The van der Waals surface area contributed by atoms with Gasteiger partial charge in [-0.3, -0.25) is 5.43 Å². The van der Waals surface area contributed by atoms with Gasteiger partial charge in [0.15, 0.2) is 5.11 Å². The highest BCUT2D eigenvalue weighted by Crippen LogP contribution is 2.26. The van der Waals surface area contributed by atoms with Crippen LogP contribution in [0.1, 0.15) is 26.3 Å². The van der Waals surface area contributed by atoms with E-state index in [0.717, 1.165) is 0 Å². The largest absolute Gasteiger partial charge is 0.423 e. The number of ether oxygens (including phenoxy) is 2. The Morgan fingerprint density at radius 3 is 1.94 bits per heavy atom. The van der Waals surface area contributed by atoms with E-state index in [4.69, 9.17) is 50.6 Å². The fourth-order valence-electron chi connectivity index (χ4n) is 2.44. The monoisotopic (exact) mass is 487 g/mol. The van der Waals surface area contributed by atoms with Crippen molar-refractivity contribution >= 4 is 58.7 Å². The van der Waals surface area contributed by atoms with Gasteiger partial charge in [-0.15, -0.1) is 0 Å². The zero-order valence-electron chi connectivity index (χ0n) is 16.2. The molecule has 0 aliphatic rings. The summed E-state index contributed by atoms with van der Waals surface area (Å²) >= 11 is 16.4. The molecule has 0 saturated heterocycles. The molecule has 0 radical (unpaired) electrons. The molecule has 0 atom stereocenters. The second kappa shape index (κ2) is 10.7. The van der Waals surface area contributed by atoms with E-state index in [1.807, 2.05) is 0 Å². The number of halogens is 2. The highest BCUT2D eigenvalue weighted by atomic mass is 35.5. The number of rotatable bonds is 6. The molecular weight excluding hydrogens is 473 g/mol. The number of thiocarbonyl (C=S) groups is 1. The van der Waals surface area contributed by atoms with Crippen LogP contribution in [0.2, 0.25) is 10.0 Å². The van der Waals surface area contributed by atoms with Crippen molar-refractivity contribution in [1.29, 1.82) is 0 Å². The first-order valence-corrected chi connectivity index (χ1v) is 10.2. The second-order valence-corrected chi connectivity index (χ2v) is 7.54. The van der Waals surface area contributed by atoms with Crippen LogP contribution in [0.4, 0.5) is 0 Å². The number of nitrogens with zero attached hydrogens (tertiary/aromatic N) is 1. The Kier molecular flexibility index (Phi) is 7.77. The third-order valence-electron chi connectivity index (χ3n) is 3.94. The number of hydrogen-bond donors (Lipinski definition) is 2. The fourth-order valence-corrected chi connectivity index (χ4v) is 2.74. The zero-order valence-corrected chi connectivity index (χ0v) is 18.6. The molecule has 3 rings (SSSR count). The summed E-state index contributed by atoms with van der Waals surface area (Å²) < 4.78 is 10.9. The van der Waals surface area contributed by atoms with Crippen molar-refractivity contribution in [3.8, 4) is 11.5 Å². The highest BCUT2D eigenvalue weighted by molar-refractivity contribution is 7.80. The smallest absolute Gasteiger partial charge is 0.343 e. The molecular formula is C22H15Cl2N3O4S. The molecule has 0 aliphatic heterocycles. The predicted octanol–water partition coefficient (Wildman–Crippen LogP) is 4.60. The van der Waals surface area contributed by atoms with Crippen molar-refractivity contribution in [1.82, 2.24) is 5.43 Å². The normalized spacial score (nSPS) is 10.6. The molecule has 3 aromatic carbocycles.